The second-order valence-electron chi connectivity index (χ2n) is 3.55. The van der Waals surface area contributed by atoms with Crippen molar-refractivity contribution in [1.29, 1.82) is 0 Å². The van der Waals surface area contributed by atoms with Crippen LogP contribution >= 0.6 is 9.90 Å². The summed E-state index contributed by atoms with van der Waals surface area (Å²) in [6.07, 6.45) is 0. The van der Waals surface area contributed by atoms with E-state index in [0.717, 1.165) is 0 Å². The third kappa shape index (κ3) is 2.82. The molecular formula is C14H13O3P. The molecule has 0 fully saturated rings. The number of aromatic carboxylic acids is 1. The molecule has 0 saturated carbocycles. The van der Waals surface area contributed by atoms with Crippen molar-refractivity contribution in [3.05, 3.63) is 71.3 Å². The molecule has 18 heavy (non-hydrogen) atoms. The van der Waals surface area contributed by atoms with Crippen LogP contribution in [0.25, 0.3) is 0 Å². The lowest BCUT2D eigenvalue weighted by Crippen LogP contribution is -2.09. The molecule has 0 aliphatic carbocycles. The molecule has 0 bridgehead atoms. The molecular weight excluding hydrogens is 247 g/mol. The summed E-state index contributed by atoms with van der Waals surface area (Å²) in [6, 6.07) is 14.8. The number of ketones is 1. The molecule has 4 heteroatoms. The maximum atomic E-state index is 12.1. The Kier molecular flexibility index (Phi) is 4.75. The third-order valence-electron chi connectivity index (χ3n) is 2.44. The summed E-state index contributed by atoms with van der Waals surface area (Å²) in [5, 5.41) is 9.01. The van der Waals surface area contributed by atoms with E-state index in [1.165, 1.54) is 12.1 Å². The van der Waals surface area contributed by atoms with Crippen LogP contribution in [0.5, 0.6) is 0 Å². The summed E-state index contributed by atoms with van der Waals surface area (Å²) >= 11 is 0. The summed E-state index contributed by atoms with van der Waals surface area (Å²) in [5.41, 5.74) is 0.730. The summed E-state index contributed by atoms with van der Waals surface area (Å²) in [6.45, 7) is 0. The van der Waals surface area contributed by atoms with Gasteiger partial charge in [0.05, 0.1) is 5.56 Å². The molecule has 2 aromatic carbocycles. The summed E-state index contributed by atoms with van der Waals surface area (Å²) in [5.74, 6) is -1.37. The Morgan fingerprint density at radius 2 is 1.28 bits per heavy atom. The van der Waals surface area contributed by atoms with Crippen LogP contribution < -0.4 is 0 Å². The highest BCUT2D eigenvalue weighted by molar-refractivity contribution is 6.92. The van der Waals surface area contributed by atoms with Gasteiger partial charge in [-0.1, -0.05) is 48.5 Å². The van der Waals surface area contributed by atoms with Crippen molar-refractivity contribution in [1.82, 2.24) is 0 Å². The van der Waals surface area contributed by atoms with Gasteiger partial charge in [-0.3, -0.25) is 4.79 Å². The van der Waals surface area contributed by atoms with E-state index in [9.17, 15) is 9.59 Å². The molecule has 3 nitrogen and oxygen atoms in total. The standard InChI is InChI=1S/C14H10O3.H3P/c15-13(10-6-2-1-3-7-10)11-8-4-5-9-12(11)14(16)17;/h1-9H,(H,16,17);1H3. The fourth-order valence-corrected chi connectivity index (χ4v) is 1.61. The average Bonchev–Trinajstić information content (AvgIpc) is 2.39. The van der Waals surface area contributed by atoms with Crippen molar-refractivity contribution >= 4 is 21.7 Å². The molecule has 0 spiro atoms. The summed E-state index contributed by atoms with van der Waals surface area (Å²) in [7, 11) is 0. The lowest BCUT2D eigenvalue weighted by Gasteiger charge is -2.04. The van der Waals surface area contributed by atoms with Gasteiger partial charge in [0.15, 0.2) is 5.78 Å². The number of benzene rings is 2. The molecule has 0 aromatic heterocycles. The van der Waals surface area contributed by atoms with Crippen molar-refractivity contribution in [3.63, 3.8) is 0 Å². The lowest BCUT2D eigenvalue weighted by atomic mass is 9.98. The van der Waals surface area contributed by atoms with E-state index < -0.39 is 5.97 Å². The van der Waals surface area contributed by atoms with Gasteiger partial charge in [-0.05, 0) is 6.07 Å². The minimum Gasteiger partial charge on any atom is -0.478 e. The van der Waals surface area contributed by atoms with Crippen LogP contribution in [0.3, 0.4) is 0 Å². The smallest absolute Gasteiger partial charge is 0.336 e. The fourth-order valence-electron chi connectivity index (χ4n) is 1.61. The number of carbonyl (C=O) groups excluding carboxylic acids is 1. The first-order valence-electron chi connectivity index (χ1n) is 5.12. The van der Waals surface area contributed by atoms with E-state index >= 15 is 0 Å². The third-order valence-corrected chi connectivity index (χ3v) is 2.44. The molecule has 92 valence electrons. The van der Waals surface area contributed by atoms with Gasteiger partial charge in [0.25, 0.3) is 0 Å². The predicted molar refractivity (Wildman–Crippen MR) is 74.4 cm³/mol. The highest BCUT2D eigenvalue weighted by Gasteiger charge is 2.16. The van der Waals surface area contributed by atoms with Crippen LogP contribution in [-0.2, 0) is 0 Å². The van der Waals surface area contributed by atoms with E-state index in [2.05, 4.69) is 0 Å². The number of hydrogen-bond acceptors (Lipinski definition) is 2. The van der Waals surface area contributed by atoms with E-state index in [1.54, 1.807) is 42.5 Å². The maximum absolute atomic E-state index is 12.1. The minimum absolute atomic E-state index is 0. The quantitative estimate of drug-likeness (QED) is 0.681. The average molecular weight is 260 g/mol. The minimum atomic E-state index is -1.09. The molecule has 1 unspecified atom stereocenters. The molecule has 0 aliphatic rings. The van der Waals surface area contributed by atoms with E-state index in [-0.39, 0.29) is 26.8 Å². The normalized spacial score (nSPS) is 9.33. The Labute approximate surface area is 108 Å². The van der Waals surface area contributed by atoms with Gasteiger partial charge >= 0.3 is 5.97 Å². The monoisotopic (exact) mass is 260 g/mol. The molecule has 0 amide bonds. The van der Waals surface area contributed by atoms with Gasteiger partial charge in [-0.2, -0.15) is 9.90 Å². The number of carboxylic acids is 1. The molecule has 0 aliphatic heterocycles. The fraction of sp³-hybridized carbons (Fsp3) is 0. The van der Waals surface area contributed by atoms with E-state index in [1.807, 2.05) is 0 Å². The summed E-state index contributed by atoms with van der Waals surface area (Å²) in [4.78, 5) is 23.1. The highest BCUT2D eigenvalue weighted by Crippen LogP contribution is 2.14. The molecule has 1 N–H and O–H groups in total. The zero-order valence-electron chi connectivity index (χ0n) is 9.67. The van der Waals surface area contributed by atoms with E-state index in [0.29, 0.717) is 5.56 Å². The zero-order chi connectivity index (χ0) is 12.3. The molecule has 0 heterocycles. The van der Waals surface area contributed by atoms with Crippen molar-refractivity contribution in [3.8, 4) is 0 Å². The van der Waals surface area contributed by atoms with Crippen molar-refractivity contribution < 1.29 is 14.7 Å². The van der Waals surface area contributed by atoms with Crippen LogP contribution in [-0.4, -0.2) is 16.9 Å². The van der Waals surface area contributed by atoms with Crippen molar-refractivity contribution in [2.45, 2.75) is 0 Å². The molecule has 0 saturated heterocycles. The highest BCUT2D eigenvalue weighted by atomic mass is 31.0. The van der Waals surface area contributed by atoms with E-state index in [4.69, 9.17) is 5.11 Å². The predicted octanol–water partition coefficient (Wildman–Crippen LogP) is 2.67. The molecule has 2 aromatic rings. The number of rotatable bonds is 3. The first-order chi connectivity index (χ1) is 8.20. The topological polar surface area (TPSA) is 54.4 Å². The van der Waals surface area contributed by atoms with Crippen LogP contribution in [0.15, 0.2) is 54.6 Å². The second kappa shape index (κ2) is 6.08. The first kappa shape index (κ1) is 14.1. The number of carboxylic acid groups (broad SMARTS) is 1. The Bertz CT molecular complexity index is 564. The molecule has 0 radical (unpaired) electrons. The van der Waals surface area contributed by atoms with Gasteiger partial charge < -0.3 is 5.11 Å². The van der Waals surface area contributed by atoms with Gasteiger partial charge in [-0.15, -0.1) is 0 Å². The van der Waals surface area contributed by atoms with Crippen molar-refractivity contribution in [2.75, 3.05) is 0 Å². The molecule has 2 rings (SSSR count). The van der Waals surface area contributed by atoms with Crippen LogP contribution in [0.4, 0.5) is 0 Å². The van der Waals surface area contributed by atoms with Gasteiger partial charge in [0.1, 0.15) is 0 Å². The second-order valence-corrected chi connectivity index (χ2v) is 3.55. The van der Waals surface area contributed by atoms with Gasteiger partial charge in [0, 0.05) is 11.1 Å². The Morgan fingerprint density at radius 3 is 1.83 bits per heavy atom. The SMILES string of the molecule is O=C(O)c1ccccc1C(=O)c1ccccc1.P. The Hall–Kier alpha value is -1.99. The Morgan fingerprint density at radius 1 is 0.778 bits per heavy atom. The zero-order valence-corrected chi connectivity index (χ0v) is 11.1. The molecule has 1 atom stereocenters. The first-order valence-corrected chi connectivity index (χ1v) is 5.12. The summed E-state index contributed by atoms with van der Waals surface area (Å²) < 4.78 is 0. The van der Waals surface area contributed by atoms with Gasteiger partial charge in [0.2, 0.25) is 0 Å². The van der Waals surface area contributed by atoms with Crippen LogP contribution in [0.1, 0.15) is 26.3 Å². The van der Waals surface area contributed by atoms with Gasteiger partial charge in [-0.25, -0.2) is 4.79 Å². The number of hydrogen-bond donors (Lipinski definition) is 1. The van der Waals surface area contributed by atoms with Crippen molar-refractivity contribution in [2.24, 2.45) is 0 Å². The maximum Gasteiger partial charge on any atom is 0.336 e. The largest absolute Gasteiger partial charge is 0.478 e. The lowest BCUT2D eigenvalue weighted by molar-refractivity contribution is 0.0693. The van der Waals surface area contributed by atoms with Crippen LogP contribution in [0, 0.1) is 0 Å². The van der Waals surface area contributed by atoms with Crippen LogP contribution in [0.2, 0.25) is 0 Å². The Balaban J connectivity index is 0.00000162. The number of carbonyl (C=O) groups is 2.